The van der Waals surface area contributed by atoms with E-state index in [4.69, 9.17) is 31.3 Å². The van der Waals surface area contributed by atoms with E-state index in [-0.39, 0.29) is 5.75 Å². The molecule has 244 valence electrons. The molecular formula is C36H36ClN9O2. The minimum atomic E-state index is 0.194. The molecule has 0 atom stereocenters. The first-order valence-corrected chi connectivity index (χ1v) is 16.3. The molecule has 0 saturated carbocycles. The number of nitrogens with zero attached hydrogens (tertiary/aromatic N) is 6. The number of anilines is 6. The van der Waals surface area contributed by atoms with Crippen LogP contribution in [-0.4, -0.2) is 71.4 Å². The van der Waals surface area contributed by atoms with Crippen molar-refractivity contribution in [2.75, 3.05) is 72.1 Å². The largest absolute Gasteiger partial charge is 0.508 e. The lowest BCUT2D eigenvalue weighted by molar-refractivity contribution is 0.415. The minimum Gasteiger partial charge on any atom is -0.508 e. The first-order chi connectivity index (χ1) is 23.5. The quantitative estimate of drug-likeness (QED) is 0.0657. The third-order valence-electron chi connectivity index (χ3n) is 8.31. The highest BCUT2D eigenvalue weighted by Crippen LogP contribution is 2.34. The average Bonchev–Trinajstić information content (AvgIpc) is 3.12. The van der Waals surface area contributed by atoms with Gasteiger partial charge in [0.2, 0.25) is 17.8 Å². The molecular weight excluding hydrogens is 626 g/mol. The lowest BCUT2D eigenvalue weighted by Crippen LogP contribution is -2.47. The summed E-state index contributed by atoms with van der Waals surface area (Å²) < 4.78 is 5.50. The van der Waals surface area contributed by atoms with Crippen molar-refractivity contribution in [1.82, 2.24) is 19.9 Å². The van der Waals surface area contributed by atoms with Gasteiger partial charge in [-0.1, -0.05) is 29.8 Å². The summed E-state index contributed by atoms with van der Waals surface area (Å²) in [6.45, 7) is 4.62. The molecule has 0 radical (unpaired) electrons. The number of hydrogen-bond donors (Lipinski definition) is 4. The fourth-order valence-electron chi connectivity index (χ4n) is 5.83. The van der Waals surface area contributed by atoms with Crippen molar-refractivity contribution in [2.45, 2.75) is 6.42 Å². The number of rotatable bonds is 11. The van der Waals surface area contributed by atoms with Crippen LogP contribution in [0.25, 0.3) is 21.8 Å². The number of methoxy groups -OCH3 is 1. The Morgan fingerprint density at radius 2 is 1.48 bits per heavy atom. The van der Waals surface area contributed by atoms with Crippen LogP contribution in [0.1, 0.15) is 6.42 Å². The van der Waals surface area contributed by atoms with E-state index < -0.39 is 0 Å². The molecule has 0 aliphatic carbocycles. The smallest absolute Gasteiger partial charge is 0.233 e. The number of nitrogens with one attached hydrogen (secondary N) is 3. The molecule has 0 spiro atoms. The monoisotopic (exact) mass is 661 g/mol. The van der Waals surface area contributed by atoms with Crippen molar-refractivity contribution in [1.29, 1.82) is 0 Å². The molecule has 0 bridgehead atoms. The highest BCUT2D eigenvalue weighted by molar-refractivity contribution is 6.31. The van der Waals surface area contributed by atoms with E-state index in [1.54, 1.807) is 31.4 Å². The minimum absolute atomic E-state index is 0.194. The third-order valence-corrected chi connectivity index (χ3v) is 8.55. The summed E-state index contributed by atoms with van der Waals surface area (Å²) >= 11 is 6.30. The number of aromatic hydroxyl groups is 1. The molecule has 4 aromatic carbocycles. The molecule has 12 heteroatoms. The number of hydrogen-bond acceptors (Lipinski definition) is 11. The van der Waals surface area contributed by atoms with E-state index in [2.05, 4.69) is 55.0 Å². The second kappa shape index (κ2) is 14.1. The Bertz CT molecular complexity index is 2020. The summed E-state index contributed by atoms with van der Waals surface area (Å²) in [6, 6.07) is 28.9. The van der Waals surface area contributed by atoms with Crippen LogP contribution in [0, 0.1) is 0 Å². The fraction of sp³-hybridized carbons (Fsp3) is 0.222. The van der Waals surface area contributed by atoms with Crippen molar-refractivity contribution >= 4 is 68.3 Å². The van der Waals surface area contributed by atoms with Crippen molar-refractivity contribution < 1.29 is 9.84 Å². The molecule has 1 fully saturated rings. The zero-order valence-electron chi connectivity index (χ0n) is 26.5. The number of phenols is 1. The van der Waals surface area contributed by atoms with Gasteiger partial charge in [0.05, 0.1) is 23.8 Å². The van der Waals surface area contributed by atoms with Crippen molar-refractivity contribution in [3.05, 3.63) is 96.0 Å². The predicted octanol–water partition coefficient (Wildman–Crippen LogP) is 6.92. The maximum Gasteiger partial charge on any atom is 0.233 e. The molecule has 2 aromatic heterocycles. The van der Waals surface area contributed by atoms with Crippen LogP contribution in [0.5, 0.6) is 11.5 Å². The Morgan fingerprint density at radius 3 is 2.27 bits per heavy atom. The lowest BCUT2D eigenvalue weighted by atomic mass is 10.1. The third kappa shape index (κ3) is 7.06. The Kier molecular flexibility index (Phi) is 9.10. The van der Waals surface area contributed by atoms with Crippen molar-refractivity contribution in [3.8, 4) is 11.5 Å². The molecule has 6 aromatic rings. The summed E-state index contributed by atoms with van der Waals surface area (Å²) in [6.07, 6.45) is 0.792. The Balaban J connectivity index is 1.06. The molecule has 1 aliphatic rings. The van der Waals surface area contributed by atoms with Gasteiger partial charge in [0, 0.05) is 66.4 Å². The van der Waals surface area contributed by atoms with E-state index >= 15 is 0 Å². The summed E-state index contributed by atoms with van der Waals surface area (Å²) in [5.41, 5.74) is 4.67. The van der Waals surface area contributed by atoms with Crippen LogP contribution in [0.15, 0.2) is 91.0 Å². The molecule has 3 heterocycles. The number of halogens is 1. The standard InChI is InChI=1S/C36H36ClN9O2/c1-48-28-13-15-31-30(23-28)33(29-14-8-24(37)22-32(29)41-31)38-16-5-17-39-34-42-35(40-25-9-11-27(47)12-10-25)44-36(43-34)46-20-18-45(19-21-46)26-6-3-2-4-7-26/h2-4,6-15,22-23,47H,5,16-21H2,1H3,(H,38,41)(H2,39,40,42,43,44). The zero-order valence-corrected chi connectivity index (χ0v) is 27.3. The lowest BCUT2D eigenvalue weighted by Gasteiger charge is -2.36. The van der Waals surface area contributed by atoms with Gasteiger partial charge in [-0.15, -0.1) is 0 Å². The van der Waals surface area contributed by atoms with Gasteiger partial charge in [-0.2, -0.15) is 15.0 Å². The van der Waals surface area contributed by atoms with E-state index in [0.29, 0.717) is 36.0 Å². The molecule has 7 rings (SSSR count). The predicted molar refractivity (Wildman–Crippen MR) is 194 cm³/mol. The van der Waals surface area contributed by atoms with E-state index in [1.165, 1.54) is 5.69 Å². The van der Waals surface area contributed by atoms with Gasteiger partial charge >= 0.3 is 0 Å². The van der Waals surface area contributed by atoms with Gasteiger partial charge in [-0.25, -0.2) is 4.98 Å². The van der Waals surface area contributed by atoms with Crippen LogP contribution in [-0.2, 0) is 0 Å². The molecule has 4 N–H and O–H groups in total. The second-order valence-electron chi connectivity index (χ2n) is 11.5. The highest BCUT2D eigenvalue weighted by atomic mass is 35.5. The zero-order chi connectivity index (χ0) is 32.9. The number of ether oxygens (including phenoxy) is 1. The average molecular weight is 662 g/mol. The maximum absolute atomic E-state index is 9.73. The van der Waals surface area contributed by atoms with E-state index in [1.807, 2.05) is 42.5 Å². The number of pyridine rings is 1. The molecule has 0 unspecified atom stereocenters. The van der Waals surface area contributed by atoms with E-state index in [9.17, 15) is 5.11 Å². The number of aromatic nitrogens is 4. The van der Waals surface area contributed by atoms with Crippen LogP contribution >= 0.6 is 11.6 Å². The number of phenolic OH excluding ortho intramolecular Hbond substituents is 1. The Labute approximate surface area is 283 Å². The summed E-state index contributed by atoms with van der Waals surface area (Å²) in [7, 11) is 1.66. The van der Waals surface area contributed by atoms with Crippen molar-refractivity contribution in [2.24, 2.45) is 0 Å². The molecule has 11 nitrogen and oxygen atoms in total. The van der Waals surface area contributed by atoms with Gasteiger partial charge in [-0.05, 0) is 79.2 Å². The molecule has 0 amide bonds. The normalized spacial score (nSPS) is 13.1. The first kappa shape index (κ1) is 31.1. The number of fused-ring (bicyclic) bond motifs is 2. The second-order valence-corrected chi connectivity index (χ2v) is 11.9. The molecule has 1 saturated heterocycles. The summed E-state index contributed by atoms with van der Waals surface area (Å²) in [4.78, 5) is 23.6. The van der Waals surface area contributed by atoms with Gasteiger partial charge in [0.15, 0.2) is 0 Å². The number of piperazine rings is 1. The van der Waals surface area contributed by atoms with Crippen LogP contribution in [0.4, 0.5) is 34.9 Å². The fourth-order valence-corrected chi connectivity index (χ4v) is 6.00. The van der Waals surface area contributed by atoms with Gasteiger partial charge in [0.25, 0.3) is 0 Å². The first-order valence-electron chi connectivity index (χ1n) is 15.9. The highest BCUT2D eigenvalue weighted by Gasteiger charge is 2.21. The summed E-state index contributed by atoms with van der Waals surface area (Å²) in [5, 5.41) is 22.7. The summed E-state index contributed by atoms with van der Waals surface area (Å²) in [5.74, 6) is 2.50. The number of benzene rings is 4. The SMILES string of the molecule is COc1ccc2nc3cc(Cl)ccc3c(NCCCNc3nc(Nc4ccc(O)cc4)nc(N4CCN(c5ccccc5)CC4)n3)c2c1. The Hall–Kier alpha value is -5.55. The van der Waals surface area contributed by atoms with Gasteiger partial charge in [-0.3, -0.25) is 0 Å². The molecule has 1 aliphatic heterocycles. The van der Waals surface area contributed by atoms with Crippen molar-refractivity contribution in [3.63, 3.8) is 0 Å². The topological polar surface area (TPSA) is 124 Å². The van der Waals surface area contributed by atoms with Gasteiger partial charge < -0.3 is 35.6 Å². The van der Waals surface area contributed by atoms with E-state index in [0.717, 1.165) is 71.5 Å². The van der Waals surface area contributed by atoms with Gasteiger partial charge in [0.1, 0.15) is 11.5 Å². The van der Waals surface area contributed by atoms with Crippen LogP contribution in [0.3, 0.4) is 0 Å². The van der Waals surface area contributed by atoms with Crippen LogP contribution in [0.2, 0.25) is 5.02 Å². The number of para-hydroxylation sites is 1. The Morgan fingerprint density at radius 1 is 0.729 bits per heavy atom. The molecule has 48 heavy (non-hydrogen) atoms. The van der Waals surface area contributed by atoms with Crippen LogP contribution < -0.4 is 30.5 Å². The maximum atomic E-state index is 9.73.